The van der Waals surface area contributed by atoms with Crippen LogP contribution in [0.3, 0.4) is 0 Å². The van der Waals surface area contributed by atoms with Crippen LogP contribution in [0, 0.1) is 0 Å². The number of hydrogen-bond donors (Lipinski definition) is 0. The molecule has 0 radical (unpaired) electrons. The largest absolute Gasteiger partial charge is 0.370 e. The first kappa shape index (κ1) is 14.9. The lowest BCUT2D eigenvalue weighted by Gasteiger charge is -2.33. The Morgan fingerprint density at radius 1 is 0.917 bits per heavy atom. The van der Waals surface area contributed by atoms with Gasteiger partial charge in [0, 0.05) is 12.1 Å². The van der Waals surface area contributed by atoms with Crippen molar-refractivity contribution in [3.8, 4) is 0 Å². The molecule has 1 aliphatic rings. The average Bonchev–Trinajstić information content (AvgIpc) is 2.68. The van der Waals surface area contributed by atoms with E-state index < -0.39 is 0 Å². The van der Waals surface area contributed by atoms with Gasteiger partial charge in [0.1, 0.15) is 6.10 Å². The van der Waals surface area contributed by atoms with Gasteiger partial charge in [0.25, 0.3) is 5.91 Å². The first-order valence-electron chi connectivity index (χ1n) is 8.26. The topological polar surface area (TPSA) is 29.5 Å². The molecular formula is C21H19NO2. The third kappa shape index (κ3) is 2.91. The van der Waals surface area contributed by atoms with Crippen molar-refractivity contribution >= 4 is 16.7 Å². The number of amides is 1. The Morgan fingerprint density at radius 2 is 1.67 bits per heavy atom. The summed E-state index contributed by atoms with van der Waals surface area (Å²) in [5, 5.41) is 2.24. The zero-order valence-corrected chi connectivity index (χ0v) is 13.4. The fourth-order valence-electron chi connectivity index (χ4n) is 3.21. The Balaban J connectivity index is 1.56. The van der Waals surface area contributed by atoms with Crippen LogP contribution in [0.2, 0.25) is 0 Å². The van der Waals surface area contributed by atoms with Gasteiger partial charge in [-0.3, -0.25) is 4.79 Å². The number of ether oxygens (including phenoxy) is 1. The molecule has 24 heavy (non-hydrogen) atoms. The minimum absolute atomic E-state index is 0.0515. The molecule has 0 aromatic heterocycles. The van der Waals surface area contributed by atoms with E-state index >= 15 is 0 Å². The molecule has 1 atom stereocenters. The highest BCUT2D eigenvalue weighted by atomic mass is 16.5. The van der Waals surface area contributed by atoms with Crippen molar-refractivity contribution in [2.75, 3.05) is 19.7 Å². The average molecular weight is 317 g/mol. The summed E-state index contributed by atoms with van der Waals surface area (Å²) in [5.74, 6) is 0.0741. The second-order valence-corrected chi connectivity index (χ2v) is 6.08. The van der Waals surface area contributed by atoms with Gasteiger partial charge in [-0.25, -0.2) is 0 Å². The minimum Gasteiger partial charge on any atom is -0.370 e. The SMILES string of the molecule is O=C(c1ccc2ccccc2c1)N1CCO[C@@H](c2ccccc2)C1. The monoisotopic (exact) mass is 317 g/mol. The van der Waals surface area contributed by atoms with Crippen LogP contribution in [0.5, 0.6) is 0 Å². The molecule has 1 fully saturated rings. The van der Waals surface area contributed by atoms with Gasteiger partial charge in [-0.2, -0.15) is 0 Å². The lowest BCUT2D eigenvalue weighted by molar-refractivity contribution is -0.0228. The van der Waals surface area contributed by atoms with Crippen molar-refractivity contribution in [3.63, 3.8) is 0 Å². The summed E-state index contributed by atoms with van der Waals surface area (Å²) in [5.41, 5.74) is 1.86. The van der Waals surface area contributed by atoms with Crippen molar-refractivity contribution < 1.29 is 9.53 Å². The summed E-state index contributed by atoms with van der Waals surface area (Å²) in [6.45, 7) is 1.80. The molecule has 3 aromatic carbocycles. The highest BCUT2D eigenvalue weighted by molar-refractivity contribution is 5.98. The molecule has 4 rings (SSSR count). The van der Waals surface area contributed by atoms with E-state index in [0.29, 0.717) is 19.7 Å². The first-order valence-corrected chi connectivity index (χ1v) is 8.26. The molecule has 0 N–H and O–H groups in total. The number of morpholine rings is 1. The second-order valence-electron chi connectivity index (χ2n) is 6.08. The van der Waals surface area contributed by atoms with Gasteiger partial charge in [0.15, 0.2) is 0 Å². The lowest BCUT2D eigenvalue weighted by Crippen LogP contribution is -2.42. The molecule has 1 heterocycles. The summed E-state index contributed by atoms with van der Waals surface area (Å²) in [6, 6.07) is 24.1. The summed E-state index contributed by atoms with van der Waals surface area (Å²) < 4.78 is 5.86. The molecule has 1 amide bonds. The molecule has 3 aromatic rings. The van der Waals surface area contributed by atoms with E-state index in [9.17, 15) is 4.79 Å². The van der Waals surface area contributed by atoms with Crippen LogP contribution in [-0.2, 0) is 4.74 Å². The first-order chi connectivity index (χ1) is 11.8. The van der Waals surface area contributed by atoms with Crippen molar-refractivity contribution in [1.82, 2.24) is 4.90 Å². The fraction of sp³-hybridized carbons (Fsp3) is 0.190. The van der Waals surface area contributed by atoms with Gasteiger partial charge in [-0.1, -0.05) is 60.7 Å². The molecule has 0 spiro atoms. The number of benzene rings is 3. The third-order valence-corrected chi connectivity index (χ3v) is 4.52. The number of rotatable bonds is 2. The second kappa shape index (κ2) is 6.46. The normalized spacial score (nSPS) is 17.8. The van der Waals surface area contributed by atoms with Crippen LogP contribution in [0.15, 0.2) is 72.8 Å². The standard InChI is InChI=1S/C21H19NO2/c23-21(19-11-10-16-6-4-5-9-18(16)14-19)22-12-13-24-20(15-22)17-7-2-1-3-8-17/h1-11,14,20H,12-13,15H2/t20-/m1/s1. The summed E-state index contributed by atoms with van der Waals surface area (Å²) in [7, 11) is 0. The third-order valence-electron chi connectivity index (χ3n) is 4.52. The summed E-state index contributed by atoms with van der Waals surface area (Å²) in [6.07, 6.45) is -0.0515. The molecule has 1 saturated heterocycles. The summed E-state index contributed by atoms with van der Waals surface area (Å²) in [4.78, 5) is 14.8. The van der Waals surface area contributed by atoms with Gasteiger partial charge in [0.2, 0.25) is 0 Å². The van der Waals surface area contributed by atoms with Gasteiger partial charge < -0.3 is 9.64 Å². The van der Waals surface area contributed by atoms with Crippen LogP contribution >= 0.6 is 0 Å². The molecule has 0 unspecified atom stereocenters. The Kier molecular flexibility index (Phi) is 4.01. The van der Waals surface area contributed by atoms with Gasteiger partial charge in [-0.05, 0) is 28.5 Å². The van der Waals surface area contributed by atoms with E-state index in [2.05, 4.69) is 18.2 Å². The highest BCUT2D eigenvalue weighted by Crippen LogP contribution is 2.24. The molecule has 0 aliphatic carbocycles. The van der Waals surface area contributed by atoms with Crippen LogP contribution < -0.4 is 0 Å². The predicted molar refractivity (Wildman–Crippen MR) is 95.0 cm³/mol. The maximum atomic E-state index is 12.9. The Morgan fingerprint density at radius 3 is 2.50 bits per heavy atom. The number of hydrogen-bond acceptors (Lipinski definition) is 2. The molecule has 3 heteroatoms. The fourth-order valence-corrected chi connectivity index (χ4v) is 3.21. The van der Waals surface area contributed by atoms with Crippen LogP contribution in [-0.4, -0.2) is 30.5 Å². The van der Waals surface area contributed by atoms with Crippen molar-refractivity contribution in [2.24, 2.45) is 0 Å². The van der Waals surface area contributed by atoms with Crippen LogP contribution in [0.1, 0.15) is 22.0 Å². The zero-order chi connectivity index (χ0) is 16.4. The van der Waals surface area contributed by atoms with Crippen LogP contribution in [0.25, 0.3) is 10.8 Å². The Bertz CT molecular complexity index is 860. The maximum Gasteiger partial charge on any atom is 0.254 e. The van der Waals surface area contributed by atoms with E-state index in [1.807, 2.05) is 59.5 Å². The molecule has 120 valence electrons. The van der Waals surface area contributed by atoms with Gasteiger partial charge >= 0.3 is 0 Å². The van der Waals surface area contributed by atoms with E-state index in [1.54, 1.807) is 0 Å². The van der Waals surface area contributed by atoms with Crippen molar-refractivity contribution in [1.29, 1.82) is 0 Å². The zero-order valence-electron chi connectivity index (χ0n) is 13.4. The van der Waals surface area contributed by atoms with Gasteiger partial charge in [-0.15, -0.1) is 0 Å². The smallest absolute Gasteiger partial charge is 0.254 e. The molecule has 1 aliphatic heterocycles. The lowest BCUT2D eigenvalue weighted by atomic mass is 10.0. The predicted octanol–water partition coefficient (Wildman–Crippen LogP) is 4.05. The number of carbonyl (C=O) groups excluding carboxylic acids is 1. The van der Waals surface area contributed by atoms with Crippen LogP contribution in [0.4, 0.5) is 0 Å². The van der Waals surface area contributed by atoms with E-state index in [1.165, 1.54) is 0 Å². The number of carbonyl (C=O) groups is 1. The maximum absolute atomic E-state index is 12.9. The van der Waals surface area contributed by atoms with E-state index in [-0.39, 0.29) is 12.0 Å². The van der Waals surface area contributed by atoms with Gasteiger partial charge in [0.05, 0.1) is 13.2 Å². The molecule has 3 nitrogen and oxygen atoms in total. The van der Waals surface area contributed by atoms with E-state index in [4.69, 9.17) is 4.74 Å². The van der Waals surface area contributed by atoms with Crippen molar-refractivity contribution in [3.05, 3.63) is 83.9 Å². The molecular weight excluding hydrogens is 298 g/mol. The number of fused-ring (bicyclic) bond motifs is 1. The highest BCUT2D eigenvalue weighted by Gasteiger charge is 2.26. The molecule has 0 saturated carbocycles. The number of nitrogens with zero attached hydrogens (tertiary/aromatic N) is 1. The minimum atomic E-state index is -0.0515. The molecule has 0 bridgehead atoms. The van der Waals surface area contributed by atoms with Crippen molar-refractivity contribution in [2.45, 2.75) is 6.10 Å². The quantitative estimate of drug-likeness (QED) is 0.713. The van der Waals surface area contributed by atoms with E-state index in [0.717, 1.165) is 21.9 Å². The Labute approximate surface area is 141 Å². The summed E-state index contributed by atoms with van der Waals surface area (Å²) >= 11 is 0. The Hall–Kier alpha value is -2.65.